The zero-order valence-electron chi connectivity index (χ0n) is 12.4. The molecule has 2 N–H and O–H groups in total. The van der Waals surface area contributed by atoms with E-state index >= 15 is 0 Å². The van der Waals surface area contributed by atoms with Crippen molar-refractivity contribution in [2.75, 3.05) is 5.32 Å². The molecule has 2 aromatic carbocycles. The van der Waals surface area contributed by atoms with Gasteiger partial charge in [-0.15, -0.1) is 0 Å². The Morgan fingerprint density at radius 1 is 1.12 bits per heavy atom. The standard InChI is InChI=1S/C17H10BrF3N2O2/c18-11-4-5-14-9(6-11)7-13(15(22)25-14)16(24)23-12-3-1-2-10(8-12)17(19,20)21/h1-8,22H,(H,23,24). The van der Waals surface area contributed by atoms with Crippen molar-refractivity contribution < 1.29 is 22.4 Å². The highest BCUT2D eigenvalue weighted by atomic mass is 79.9. The first kappa shape index (κ1) is 17.2. The molecule has 0 saturated carbocycles. The maximum absolute atomic E-state index is 12.7. The van der Waals surface area contributed by atoms with Gasteiger partial charge >= 0.3 is 6.18 Å². The zero-order valence-corrected chi connectivity index (χ0v) is 14.0. The number of rotatable bonds is 2. The summed E-state index contributed by atoms with van der Waals surface area (Å²) < 4.78 is 44.3. The molecule has 0 fully saturated rings. The van der Waals surface area contributed by atoms with Crippen molar-refractivity contribution in [1.82, 2.24) is 0 Å². The minimum absolute atomic E-state index is 0.0198. The Kier molecular flexibility index (Phi) is 4.38. The molecule has 0 aliphatic carbocycles. The third kappa shape index (κ3) is 3.74. The Bertz CT molecular complexity index is 1030. The van der Waals surface area contributed by atoms with E-state index in [-0.39, 0.29) is 16.8 Å². The van der Waals surface area contributed by atoms with Crippen LogP contribution in [-0.4, -0.2) is 5.91 Å². The van der Waals surface area contributed by atoms with Crippen LogP contribution >= 0.6 is 15.9 Å². The van der Waals surface area contributed by atoms with Crippen LogP contribution < -0.4 is 10.9 Å². The van der Waals surface area contributed by atoms with Crippen molar-refractivity contribution in [3.05, 3.63) is 69.7 Å². The molecule has 1 heterocycles. The summed E-state index contributed by atoms with van der Waals surface area (Å²) in [5.41, 5.74) is -0.928. The van der Waals surface area contributed by atoms with Gasteiger partial charge in [-0.1, -0.05) is 22.0 Å². The SMILES string of the molecule is N=c1oc2ccc(Br)cc2cc1C(=O)Nc1cccc(C(F)(F)F)c1. The number of hydrogen-bond donors (Lipinski definition) is 2. The van der Waals surface area contributed by atoms with Gasteiger partial charge in [-0.05, 0) is 42.5 Å². The van der Waals surface area contributed by atoms with Gasteiger partial charge in [0.25, 0.3) is 5.91 Å². The van der Waals surface area contributed by atoms with Gasteiger partial charge in [0.1, 0.15) is 11.1 Å². The van der Waals surface area contributed by atoms with E-state index in [0.29, 0.717) is 11.0 Å². The smallest absolute Gasteiger partial charge is 0.416 e. The summed E-state index contributed by atoms with van der Waals surface area (Å²) >= 11 is 3.30. The summed E-state index contributed by atoms with van der Waals surface area (Å²) in [6.45, 7) is 0. The monoisotopic (exact) mass is 410 g/mol. The molecule has 0 saturated heterocycles. The zero-order chi connectivity index (χ0) is 18.2. The quantitative estimate of drug-likeness (QED) is 0.627. The lowest BCUT2D eigenvalue weighted by Gasteiger charge is -2.10. The molecule has 3 aromatic rings. The Morgan fingerprint density at radius 3 is 2.60 bits per heavy atom. The van der Waals surface area contributed by atoms with Gasteiger partial charge < -0.3 is 9.73 Å². The Hall–Kier alpha value is -2.61. The third-order valence-electron chi connectivity index (χ3n) is 3.42. The number of carbonyl (C=O) groups excluding carboxylic acids is 1. The van der Waals surface area contributed by atoms with E-state index in [4.69, 9.17) is 9.83 Å². The fourth-order valence-electron chi connectivity index (χ4n) is 2.25. The van der Waals surface area contributed by atoms with E-state index in [1.807, 2.05) is 0 Å². The number of alkyl halides is 3. The van der Waals surface area contributed by atoms with E-state index in [2.05, 4.69) is 21.2 Å². The van der Waals surface area contributed by atoms with Crippen LogP contribution in [0.3, 0.4) is 0 Å². The largest absolute Gasteiger partial charge is 0.438 e. The number of halogens is 4. The molecular weight excluding hydrogens is 401 g/mol. The van der Waals surface area contributed by atoms with E-state index in [0.717, 1.165) is 16.6 Å². The third-order valence-corrected chi connectivity index (χ3v) is 3.91. The molecule has 0 unspecified atom stereocenters. The second kappa shape index (κ2) is 6.36. The Balaban J connectivity index is 1.95. The van der Waals surface area contributed by atoms with E-state index in [1.165, 1.54) is 18.2 Å². The molecule has 0 radical (unpaired) electrons. The number of hydrogen-bond acceptors (Lipinski definition) is 3. The topological polar surface area (TPSA) is 66.1 Å². The van der Waals surface area contributed by atoms with E-state index in [1.54, 1.807) is 18.2 Å². The maximum Gasteiger partial charge on any atom is 0.416 e. The van der Waals surface area contributed by atoms with Gasteiger partial charge in [0, 0.05) is 15.5 Å². The highest BCUT2D eigenvalue weighted by Crippen LogP contribution is 2.30. The van der Waals surface area contributed by atoms with Crippen LogP contribution in [-0.2, 0) is 6.18 Å². The van der Waals surface area contributed by atoms with Crippen molar-refractivity contribution in [3.63, 3.8) is 0 Å². The predicted octanol–water partition coefficient (Wildman–Crippen LogP) is 4.95. The van der Waals surface area contributed by atoms with E-state index < -0.39 is 17.6 Å². The molecule has 4 nitrogen and oxygen atoms in total. The molecule has 128 valence electrons. The molecule has 1 amide bonds. The summed E-state index contributed by atoms with van der Waals surface area (Å²) in [5, 5.41) is 10.8. The highest BCUT2D eigenvalue weighted by molar-refractivity contribution is 9.10. The lowest BCUT2D eigenvalue weighted by atomic mass is 10.1. The van der Waals surface area contributed by atoms with Gasteiger partial charge in [0.15, 0.2) is 0 Å². The van der Waals surface area contributed by atoms with Crippen LogP contribution in [0, 0.1) is 5.41 Å². The summed E-state index contributed by atoms with van der Waals surface area (Å²) in [5.74, 6) is -0.727. The second-order valence-corrected chi connectivity index (χ2v) is 6.12. The highest BCUT2D eigenvalue weighted by Gasteiger charge is 2.30. The number of amides is 1. The number of benzene rings is 2. The van der Waals surface area contributed by atoms with Crippen molar-refractivity contribution in [1.29, 1.82) is 5.41 Å². The second-order valence-electron chi connectivity index (χ2n) is 5.20. The average Bonchev–Trinajstić information content (AvgIpc) is 2.54. The Morgan fingerprint density at radius 2 is 1.88 bits per heavy atom. The summed E-state index contributed by atoms with van der Waals surface area (Å²) in [4.78, 5) is 12.3. The molecule has 0 aliphatic heterocycles. The van der Waals surface area contributed by atoms with Crippen LogP contribution in [0.2, 0.25) is 0 Å². The van der Waals surface area contributed by atoms with Crippen molar-refractivity contribution in [2.24, 2.45) is 0 Å². The minimum Gasteiger partial charge on any atom is -0.438 e. The number of anilines is 1. The molecule has 3 rings (SSSR count). The van der Waals surface area contributed by atoms with Crippen molar-refractivity contribution in [2.45, 2.75) is 6.18 Å². The van der Waals surface area contributed by atoms with Crippen molar-refractivity contribution in [3.8, 4) is 0 Å². The fourth-order valence-corrected chi connectivity index (χ4v) is 2.63. The van der Waals surface area contributed by atoms with Gasteiger partial charge in [0.05, 0.1) is 5.56 Å². The molecule has 25 heavy (non-hydrogen) atoms. The van der Waals surface area contributed by atoms with Gasteiger partial charge in [-0.25, -0.2) is 0 Å². The van der Waals surface area contributed by atoms with Crippen LogP contribution in [0.15, 0.2) is 57.4 Å². The molecular formula is C17H10BrF3N2O2. The lowest BCUT2D eigenvalue weighted by Crippen LogP contribution is -2.21. The number of carbonyl (C=O) groups is 1. The Labute approximate surface area is 147 Å². The predicted molar refractivity (Wildman–Crippen MR) is 89.2 cm³/mol. The van der Waals surface area contributed by atoms with Crippen LogP contribution in [0.5, 0.6) is 0 Å². The first-order valence-corrected chi connectivity index (χ1v) is 7.80. The van der Waals surface area contributed by atoms with Gasteiger partial charge in [0.2, 0.25) is 5.55 Å². The summed E-state index contributed by atoms with van der Waals surface area (Å²) in [6.07, 6.45) is -4.51. The minimum atomic E-state index is -4.51. The number of nitrogens with one attached hydrogen (secondary N) is 2. The molecule has 1 aromatic heterocycles. The number of fused-ring (bicyclic) bond motifs is 1. The molecule has 0 bridgehead atoms. The summed E-state index contributed by atoms with van der Waals surface area (Å²) in [6, 6.07) is 10.8. The first-order chi connectivity index (χ1) is 11.7. The fraction of sp³-hybridized carbons (Fsp3) is 0.0588. The lowest BCUT2D eigenvalue weighted by molar-refractivity contribution is -0.137. The van der Waals surface area contributed by atoms with Crippen LogP contribution in [0.4, 0.5) is 18.9 Å². The molecule has 0 spiro atoms. The van der Waals surface area contributed by atoms with Crippen LogP contribution in [0.25, 0.3) is 11.0 Å². The molecule has 0 atom stereocenters. The normalized spacial score (nSPS) is 11.5. The molecule has 8 heteroatoms. The first-order valence-electron chi connectivity index (χ1n) is 7.01. The average molecular weight is 411 g/mol. The van der Waals surface area contributed by atoms with Crippen LogP contribution in [0.1, 0.15) is 15.9 Å². The van der Waals surface area contributed by atoms with Gasteiger partial charge in [-0.2, -0.15) is 13.2 Å². The maximum atomic E-state index is 12.7. The molecule has 0 aliphatic rings. The van der Waals surface area contributed by atoms with Gasteiger partial charge in [-0.3, -0.25) is 10.2 Å². The summed E-state index contributed by atoms with van der Waals surface area (Å²) in [7, 11) is 0. The van der Waals surface area contributed by atoms with E-state index in [9.17, 15) is 18.0 Å². The van der Waals surface area contributed by atoms with Crippen molar-refractivity contribution >= 4 is 38.5 Å².